The number of anilines is 1. The third-order valence-corrected chi connectivity index (χ3v) is 14.7. The van der Waals surface area contributed by atoms with E-state index in [0.717, 1.165) is 34.0 Å². The van der Waals surface area contributed by atoms with Gasteiger partial charge in [0.2, 0.25) is 0 Å². The number of fused-ring (bicyclic) bond motifs is 1. The lowest BCUT2D eigenvalue weighted by Crippen LogP contribution is -2.45. The molecule has 4 aromatic carbocycles. The van der Waals surface area contributed by atoms with Crippen LogP contribution in [-0.4, -0.2) is 71.4 Å². The Morgan fingerprint density at radius 2 is 1.43 bits per heavy atom. The molecule has 16 heteroatoms. The molecule has 14 nitrogen and oxygen atoms in total. The third-order valence-electron chi connectivity index (χ3n) is 12.0. The van der Waals surface area contributed by atoms with Crippen molar-refractivity contribution in [3.05, 3.63) is 154 Å². The molecule has 2 unspecified atom stereocenters. The van der Waals surface area contributed by atoms with Gasteiger partial charge < -0.3 is 29.0 Å². The van der Waals surface area contributed by atoms with E-state index in [-0.39, 0.29) is 30.6 Å². The number of aromatic nitrogens is 2. The number of methoxy groups -OCH3 is 2. The first-order valence-electron chi connectivity index (χ1n) is 21.7. The number of ether oxygens (including phenoxy) is 5. The van der Waals surface area contributed by atoms with Crippen molar-refractivity contribution in [2.45, 2.75) is 89.9 Å². The van der Waals surface area contributed by atoms with E-state index >= 15 is 0 Å². The third kappa shape index (κ3) is 10.6. The van der Waals surface area contributed by atoms with Gasteiger partial charge in [-0.25, -0.2) is 14.4 Å². The quantitative estimate of drug-likeness (QED) is 0.0433. The first kappa shape index (κ1) is 48.1. The van der Waals surface area contributed by atoms with Crippen molar-refractivity contribution >= 4 is 30.4 Å². The van der Waals surface area contributed by atoms with E-state index in [1.165, 1.54) is 4.57 Å². The summed E-state index contributed by atoms with van der Waals surface area (Å²) in [5.41, 5.74) is 0.143. The van der Waals surface area contributed by atoms with E-state index in [4.69, 9.17) is 32.7 Å². The highest BCUT2D eigenvalue weighted by Crippen LogP contribution is 2.53. The summed E-state index contributed by atoms with van der Waals surface area (Å²) in [6.45, 7) is 11.1. The second-order valence-corrected chi connectivity index (χ2v) is 20.2. The fraction of sp³-hybridized carbons (Fsp3) is 0.408. The molecule has 2 saturated heterocycles. The summed E-state index contributed by atoms with van der Waals surface area (Å²) >= 11 is 1.14. The zero-order valence-corrected chi connectivity index (χ0v) is 39.9. The monoisotopic (exact) mass is 926 g/mol. The molecular weight excluding hydrogens is 868 g/mol. The molecule has 7 rings (SSSR count). The second-order valence-electron chi connectivity index (χ2n) is 17.3. The van der Waals surface area contributed by atoms with Crippen LogP contribution < -0.4 is 25.6 Å². The maximum atomic E-state index is 14.4. The normalized spacial score (nSPS) is 21.3. The highest BCUT2D eigenvalue weighted by molar-refractivity contribution is 8.13. The Balaban J connectivity index is 1.17. The largest absolute Gasteiger partial charge is 0.497 e. The molecule has 0 bridgehead atoms. The predicted octanol–water partition coefficient (Wildman–Crippen LogP) is 9.10. The average Bonchev–Trinajstić information content (AvgIpc) is 3.72. The SMILES string of the molecule is CCC(C)(C)C(=O)SCCOP(=O)(NCc1ccccc1)OC[C@H]1O[C@@H](n2ccc(NC(c3ccccc3)(c3ccc(OC)cc3)c3ccc(OC)cc3)nc2=O)[C@@]2(C)OC(C)(C)OC12. The van der Waals surface area contributed by atoms with E-state index in [0.29, 0.717) is 23.7 Å². The highest BCUT2D eigenvalue weighted by Gasteiger charge is 2.64. The van der Waals surface area contributed by atoms with Gasteiger partial charge in [0.05, 0.1) is 27.4 Å². The number of nitrogens with zero attached hydrogens (tertiary/aromatic N) is 2. The van der Waals surface area contributed by atoms with Gasteiger partial charge in [-0.1, -0.05) is 117 Å². The summed E-state index contributed by atoms with van der Waals surface area (Å²) in [6.07, 6.45) is -0.326. The summed E-state index contributed by atoms with van der Waals surface area (Å²) in [6, 6.07) is 36.6. The van der Waals surface area contributed by atoms with Crippen molar-refractivity contribution < 1.29 is 42.1 Å². The molecule has 3 heterocycles. The predicted molar refractivity (Wildman–Crippen MR) is 251 cm³/mol. The van der Waals surface area contributed by atoms with E-state index < -0.39 is 54.2 Å². The van der Waals surface area contributed by atoms with Crippen molar-refractivity contribution in [2.75, 3.05) is 38.5 Å². The van der Waals surface area contributed by atoms with Gasteiger partial charge in [0.1, 0.15) is 40.7 Å². The molecule has 0 radical (unpaired) electrons. The molecule has 5 aromatic rings. The first-order chi connectivity index (χ1) is 31.0. The number of nitrogens with one attached hydrogen (secondary N) is 2. The van der Waals surface area contributed by atoms with Crippen molar-refractivity contribution in [1.82, 2.24) is 14.6 Å². The maximum Gasteiger partial charge on any atom is 0.405 e. The van der Waals surface area contributed by atoms with Gasteiger partial charge in [0, 0.05) is 23.9 Å². The van der Waals surface area contributed by atoms with E-state index in [1.54, 1.807) is 40.3 Å². The summed E-state index contributed by atoms with van der Waals surface area (Å²) < 4.78 is 58.4. The number of hydrogen-bond acceptors (Lipinski definition) is 13. The fourth-order valence-corrected chi connectivity index (χ4v) is 10.5. The van der Waals surface area contributed by atoms with Crippen LogP contribution >= 0.6 is 19.5 Å². The molecular formula is C49H59N4O10PS. The van der Waals surface area contributed by atoms with Gasteiger partial charge in [-0.2, -0.15) is 4.98 Å². The van der Waals surface area contributed by atoms with Crippen LogP contribution in [0.5, 0.6) is 11.5 Å². The average molecular weight is 927 g/mol. The Morgan fingerprint density at radius 1 is 0.846 bits per heavy atom. The summed E-state index contributed by atoms with van der Waals surface area (Å²) in [4.78, 5) is 31.8. The van der Waals surface area contributed by atoms with Crippen molar-refractivity contribution in [2.24, 2.45) is 5.41 Å². The van der Waals surface area contributed by atoms with Crippen LogP contribution in [0.15, 0.2) is 126 Å². The van der Waals surface area contributed by atoms with Gasteiger partial charge in [-0.05, 0) is 79.8 Å². The van der Waals surface area contributed by atoms with Crippen molar-refractivity contribution in [3.8, 4) is 11.5 Å². The van der Waals surface area contributed by atoms with Crippen LogP contribution in [0.2, 0.25) is 0 Å². The van der Waals surface area contributed by atoms with Gasteiger partial charge in [-0.3, -0.25) is 18.4 Å². The molecule has 0 saturated carbocycles. The molecule has 65 heavy (non-hydrogen) atoms. The number of rotatable bonds is 20. The summed E-state index contributed by atoms with van der Waals surface area (Å²) in [5, 5.41) is 6.66. The van der Waals surface area contributed by atoms with E-state index in [9.17, 15) is 14.2 Å². The Labute approximate surface area is 385 Å². The van der Waals surface area contributed by atoms with Crippen LogP contribution in [-0.2, 0) is 44.7 Å². The molecule has 2 aliphatic rings. The molecule has 346 valence electrons. The Morgan fingerprint density at radius 3 is 2.00 bits per heavy atom. The summed E-state index contributed by atoms with van der Waals surface area (Å²) in [7, 11) is -0.763. The van der Waals surface area contributed by atoms with Gasteiger partial charge >= 0.3 is 13.4 Å². The molecule has 0 spiro atoms. The molecule has 1 aromatic heterocycles. The van der Waals surface area contributed by atoms with Crippen molar-refractivity contribution in [3.63, 3.8) is 0 Å². The van der Waals surface area contributed by atoms with Crippen LogP contribution in [0.3, 0.4) is 0 Å². The number of carbonyl (C=O) groups is 1. The first-order valence-corrected chi connectivity index (χ1v) is 24.2. The minimum atomic E-state index is -4.00. The lowest BCUT2D eigenvalue weighted by Gasteiger charge is -2.37. The number of benzene rings is 4. The number of carbonyl (C=O) groups excluding carboxylic acids is 1. The van der Waals surface area contributed by atoms with Crippen LogP contribution in [0.25, 0.3) is 0 Å². The Hall–Kier alpha value is -4.83. The van der Waals surface area contributed by atoms with Gasteiger partial charge in [0.25, 0.3) is 0 Å². The van der Waals surface area contributed by atoms with Crippen molar-refractivity contribution in [1.29, 1.82) is 0 Å². The molecule has 2 fully saturated rings. The zero-order chi connectivity index (χ0) is 46.5. The lowest BCUT2D eigenvalue weighted by atomic mass is 9.77. The standard InChI is InChI=1S/C49H59N4O10PS/c1-9-46(2,3)44(54)65-31-30-59-64(56,50-32-34-16-12-10-13-17-34)60-33-40-42-48(6,63-47(4,5)62-42)43(61-40)53-29-28-41(51-45(53)55)52-49(35-18-14-11-15-19-35,36-20-24-38(57-7)25-21-36)37-22-26-39(58-8)27-23-37/h10-29,40,42-43H,9,30-33H2,1-8H3,(H,50,56)(H,51,52,55)/t40-,42?,43-,48+,64?/m1/s1. The maximum absolute atomic E-state index is 14.4. The molecule has 0 amide bonds. The zero-order valence-electron chi connectivity index (χ0n) is 38.1. The topological polar surface area (TPSA) is 158 Å². The van der Waals surface area contributed by atoms with E-state index in [2.05, 4.69) is 15.4 Å². The van der Waals surface area contributed by atoms with Gasteiger partial charge in [0.15, 0.2) is 17.1 Å². The van der Waals surface area contributed by atoms with Gasteiger partial charge in [-0.15, -0.1) is 0 Å². The molecule has 2 aliphatic heterocycles. The van der Waals surface area contributed by atoms with E-state index in [1.807, 2.05) is 137 Å². The second kappa shape index (κ2) is 20.0. The Bertz CT molecular complexity index is 2440. The van der Waals surface area contributed by atoms with Crippen LogP contribution in [0.4, 0.5) is 5.82 Å². The smallest absolute Gasteiger partial charge is 0.405 e. The van der Waals surface area contributed by atoms with Crippen LogP contribution in [0.1, 0.15) is 76.4 Å². The highest BCUT2D eigenvalue weighted by atomic mass is 32.2. The number of thioether (sulfide) groups is 1. The number of hydrogen-bond donors (Lipinski definition) is 2. The van der Waals surface area contributed by atoms with Crippen LogP contribution in [0, 0.1) is 5.41 Å². The summed E-state index contributed by atoms with van der Waals surface area (Å²) in [5.74, 6) is 0.899. The fourth-order valence-electron chi connectivity index (χ4n) is 8.17. The minimum absolute atomic E-state index is 0.0128. The minimum Gasteiger partial charge on any atom is -0.497 e. The molecule has 0 aliphatic carbocycles. The Kier molecular flexibility index (Phi) is 14.8. The molecule has 5 atom stereocenters. The lowest BCUT2D eigenvalue weighted by molar-refractivity contribution is -0.217. The molecule has 2 N–H and O–H groups in total.